The van der Waals surface area contributed by atoms with Gasteiger partial charge in [-0.25, -0.2) is 5.43 Å². The number of amides is 2. The maximum atomic E-state index is 11.9. The van der Waals surface area contributed by atoms with Crippen molar-refractivity contribution in [2.75, 3.05) is 19.5 Å². The van der Waals surface area contributed by atoms with Crippen molar-refractivity contribution in [1.29, 1.82) is 0 Å². The van der Waals surface area contributed by atoms with Crippen molar-refractivity contribution in [1.82, 2.24) is 5.43 Å². The average Bonchev–Trinajstić information content (AvgIpc) is 2.67. The fourth-order valence-electron chi connectivity index (χ4n) is 2.37. The van der Waals surface area contributed by atoms with E-state index in [1.54, 1.807) is 38.5 Å². The number of benzene rings is 2. The molecule has 2 amide bonds. The molecular formula is C20H22BrN3O4. The number of anilines is 1. The van der Waals surface area contributed by atoms with E-state index in [-0.39, 0.29) is 24.7 Å². The van der Waals surface area contributed by atoms with Crippen LogP contribution < -0.4 is 20.2 Å². The fourth-order valence-corrected chi connectivity index (χ4v) is 2.77. The van der Waals surface area contributed by atoms with E-state index in [4.69, 9.17) is 9.47 Å². The molecule has 148 valence electrons. The topological polar surface area (TPSA) is 89.0 Å². The molecule has 2 N–H and O–H groups in total. The smallest absolute Gasteiger partial charge is 0.240 e. The standard InChI is InChI=1S/C20H22BrN3O4/c1-27-17-10-9-14(11-18(17)28-2)13-22-24-20(26)8-4-7-19(25)23-16-6-3-5-15(21)12-16/h3,5-6,9-13H,4,7-8H2,1-2H3,(H,23,25)(H,24,26)/b22-13-. The van der Waals surface area contributed by atoms with Crippen LogP contribution in [-0.4, -0.2) is 32.2 Å². The van der Waals surface area contributed by atoms with Gasteiger partial charge in [0, 0.05) is 23.0 Å². The Morgan fingerprint density at radius 2 is 1.79 bits per heavy atom. The summed E-state index contributed by atoms with van der Waals surface area (Å²) in [7, 11) is 3.11. The minimum Gasteiger partial charge on any atom is -0.493 e. The van der Waals surface area contributed by atoms with Crippen molar-refractivity contribution in [3.8, 4) is 11.5 Å². The predicted octanol–water partition coefficient (Wildman–Crippen LogP) is 3.73. The number of halogens is 1. The van der Waals surface area contributed by atoms with Gasteiger partial charge in [-0.15, -0.1) is 0 Å². The number of hydrazone groups is 1. The average molecular weight is 448 g/mol. The van der Waals surface area contributed by atoms with Crippen molar-refractivity contribution in [3.63, 3.8) is 0 Å². The van der Waals surface area contributed by atoms with Crippen LogP contribution in [0.3, 0.4) is 0 Å². The van der Waals surface area contributed by atoms with Crippen molar-refractivity contribution in [2.24, 2.45) is 5.10 Å². The lowest BCUT2D eigenvalue weighted by molar-refractivity contribution is -0.121. The Labute approximate surface area is 172 Å². The summed E-state index contributed by atoms with van der Waals surface area (Å²) in [6.07, 6.45) is 2.39. The van der Waals surface area contributed by atoms with Gasteiger partial charge in [0.2, 0.25) is 11.8 Å². The lowest BCUT2D eigenvalue weighted by Gasteiger charge is -2.07. The first-order chi connectivity index (χ1) is 13.5. The van der Waals surface area contributed by atoms with Gasteiger partial charge in [-0.05, 0) is 48.4 Å². The molecular weight excluding hydrogens is 426 g/mol. The van der Waals surface area contributed by atoms with E-state index in [2.05, 4.69) is 31.8 Å². The van der Waals surface area contributed by atoms with Gasteiger partial charge >= 0.3 is 0 Å². The predicted molar refractivity (Wildman–Crippen MR) is 112 cm³/mol. The van der Waals surface area contributed by atoms with E-state index in [1.807, 2.05) is 18.2 Å². The second-order valence-electron chi connectivity index (χ2n) is 5.82. The molecule has 0 heterocycles. The van der Waals surface area contributed by atoms with Gasteiger partial charge in [-0.1, -0.05) is 22.0 Å². The van der Waals surface area contributed by atoms with Crippen LogP contribution in [0.15, 0.2) is 52.0 Å². The van der Waals surface area contributed by atoms with E-state index < -0.39 is 0 Å². The fraction of sp³-hybridized carbons (Fsp3) is 0.250. The van der Waals surface area contributed by atoms with Crippen LogP contribution in [0.2, 0.25) is 0 Å². The Morgan fingerprint density at radius 1 is 1.04 bits per heavy atom. The van der Waals surface area contributed by atoms with Crippen molar-refractivity contribution in [3.05, 3.63) is 52.5 Å². The summed E-state index contributed by atoms with van der Waals surface area (Å²) < 4.78 is 11.3. The maximum Gasteiger partial charge on any atom is 0.240 e. The third-order valence-corrected chi connectivity index (χ3v) is 4.22. The van der Waals surface area contributed by atoms with E-state index in [1.165, 1.54) is 6.21 Å². The Balaban J connectivity index is 1.72. The van der Waals surface area contributed by atoms with Crippen molar-refractivity contribution in [2.45, 2.75) is 19.3 Å². The third kappa shape index (κ3) is 7.03. The molecule has 0 aliphatic carbocycles. The Bertz CT molecular complexity index is 855. The summed E-state index contributed by atoms with van der Waals surface area (Å²) in [4.78, 5) is 23.7. The van der Waals surface area contributed by atoms with Gasteiger partial charge in [0.25, 0.3) is 0 Å². The molecule has 0 radical (unpaired) electrons. The monoisotopic (exact) mass is 447 g/mol. The van der Waals surface area contributed by atoms with Gasteiger partial charge in [-0.2, -0.15) is 5.10 Å². The number of hydrogen-bond donors (Lipinski definition) is 2. The molecule has 8 heteroatoms. The number of carbonyl (C=O) groups excluding carboxylic acids is 2. The number of nitrogens with zero attached hydrogens (tertiary/aromatic N) is 1. The van der Waals surface area contributed by atoms with Crippen LogP contribution in [0.1, 0.15) is 24.8 Å². The molecule has 0 aliphatic rings. The number of carbonyl (C=O) groups is 2. The zero-order chi connectivity index (χ0) is 20.4. The number of rotatable bonds is 9. The van der Waals surface area contributed by atoms with Gasteiger partial charge < -0.3 is 14.8 Å². The molecule has 0 aliphatic heterocycles. The van der Waals surface area contributed by atoms with Crippen LogP contribution in [-0.2, 0) is 9.59 Å². The van der Waals surface area contributed by atoms with E-state index in [0.717, 1.165) is 10.0 Å². The summed E-state index contributed by atoms with van der Waals surface area (Å²) in [5, 5.41) is 6.71. The Morgan fingerprint density at radius 3 is 2.50 bits per heavy atom. The molecule has 0 atom stereocenters. The van der Waals surface area contributed by atoms with E-state index in [0.29, 0.717) is 23.6 Å². The third-order valence-electron chi connectivity index (χ3n) is 3.73. The second-order valence-corrected chi connectivity index (χ2v) is 6.74. The van der Waals surface area contributed by atoms with E-state index in [9.17, 15) is 9.59 Å². The molecule has 28 heavy (non-hydrogen) atoms. The van der Waals surface area contributed by atoms with Crippen LogP contribution in [0.5, 0.6) is 11.5 Å². The molecule has 0 saturated carbocycles. The maximum absolute atomic E-state index is 11.9. The molecule has 2 aromatic rings. The molecule has 7 nitrogen and oxygen atoms in total. The summed E-state index contributed by atoms with van der Waals surface area (Å²) in [6.45, 7) is 0. The first kappa shape index (κ1) is 21.4. The SMILES string of the molecule is COc1ccc(/C=N\NC(=O)CCCC(=O)Nc2cccc(Br)c2)cc1OC. The van der Waals surface area contributed by atoms with E-state index >= 15 is 0 Å². The normalized spacial score (nSPS) is 10.5. The van der Waals surface area contributed by atoms with Crippen LogP contribution in [0.25, 0.3) is 0 Å². The van der Waals surface area contributed by atoms with Crippen molar-refractivity contribution < 1.29 is 19.1 Å². The number of hydrogen-bond acceptors (Lipinski definition) is 5. The first-order valence-electron chi connectivity index (χ1n) is 8.61. The van der Waals surface area contributed by atoms with Crippen LogP contribution in [0, 0.1) is 0 Å². The highest BCUT2D eigenvalue weighted by molar-refractivity contribution is 9.10. The Kier molecular flexibility index (Phi) is 8.48. The number of nitrogens with one attached hydrogen (secondary N) is 2. The lowest BCUT2D eigenvalue weighted by Crippen LogP contribution is -2.18. The van der Waals surface area contributed by atoms with Gasteiger partial charge in [-0.3, -0.25) is 9.59 Å². The lowest BCUT2D eigenvalue weighted by atomic mass is 10.2. The molecule has 2 rings (SSSR count). The van der Waals surface area contributed by atoms with Gasteiger partial charge in [0.1, 0.15) is 0 Å². The van der Waals surface area contributed by atoms with Crippen LogP contribution in [0.4, 0.5) is 5.69 Å². The highest BCUT2D eigenvalue weighted by Crippen LogP contribution is 2.26. The molecule has 2 aromatic carbocycles. The van der Waals surface area contributed by atoms with Crippen LogP contribution >= 0.6 is 15.9 Å². The summed E-state index contributed by atoms with van der Waals surface area (Å²) in [6, 6.07) is 12.6. The van der Waals surface area contributed by atoms with Crippen molar-refractivity contribution >= 4 is 39.6 Å². The molecule has 0 aromatic heterocycles. The molecule has 0 spiro atoms. The highest BCUT2D eigenvalue weighted by atomic mass is 79.9. The zero-order valence-electron chi connectivity index (χ0n) is 15.7. The molecule has 0 saturated heterocycles. The molecule has 0 fully saturated rings. The summed E-state index contributed by atoms with van der Waals surface area (Å²) >= 11 is 3.35. The molecule has 0 unspecified atom stereocenters. The highest BCUT2D eigenvalue weighted by Gasteiger charge is 2.06. The van der Waals surface area contributed by atoms with Gasteiger partial charge in [0.15, 0.2) is 11.5 Å². The summed E-state index contributed by atoms with van der Waals surface area (Å²) in [5.41, 5.74) is 3.92. The number of ether oxygens (including phenoxy) is 2. The Hall–Kier alpha value is -2.87. The van der Waals surface area contributed by atoms with Gasteiger partial charge in [0.05, 0.1) is 20.4 Å². The largest absolute Gasteiger partial charge is 0.493 e. The minimum absolute atomic E-state index is 0.139. The minimum atomic E-state index is -0.257. The second kappa shape index (κ2) is 11.1. The summed E-state index contributed by atoms with van der Waals surface area (Å²) in [5.74, 6) is 0.797. The quantitative estimate of drug-likeness (QED) is 0.452. The zero-order valence-corrected chi connectivity index (χ0v) is 17.3. The number of methoxy groups -OCH3 is 2. The molecule has 0 bridgehead atoms. The first-order valence-corrected chi connectivity index (χ1v) is 9.40.